The molecule has 1 heterocycles. The quantitative estimate of drug-likeness (QED) is 0.708. The number of halogens is 3. The lowest BCUT2D eigenvalue weighted by atomic mass is 10.0. The predicted octanol–water partition coefficient (Wildman–Crippen LogP) is 4.66. The van der Waals surface area contributed by atoms with E-state index < -0.39 is 15.8 Å². The lowest BCUT2D eigenvalue weighted by molar-refractivity contribution is 0.236. The minimum absolute atomic E-state index is 0.220. The molecule has 9 heteroatoms. The topological polar surface area (TPSA) is 52.7 Å². The molecule has 2 aromatic carbocycles. The van der Waals surface area contributed by atoms with E-state index in [0.29, 0.717) is 6.54 Å². The van der Waals surface area contributed by atoms with E-state index in [1.807, 2.05) is 42.4 Å². The minimum atomic E-state index is -4.71. The maximum atomic E-state index is 12.8. The number of rotatable bonds is 5. The summed E-state index contributed by atoms with van der Waals surface area (Å²) in [6.45, 7) is 0.634. The number of sulfonamides is 1. The van der Waals surface area contributed by atoms with E-state index in [1.165, 1.54) is 0 Å². The third kappa shape index (κ3) is 3.50. The van der Waals surface area contributed by atoms with Gasteiger partial charge >= 0.3 is 5.76 Å². The van der Waals surface area contributed by atoms with Crippen molar-refractivity contribution < 1.29 is 17.2 Å². The molecule has 144 valence electrons. The molecular weight excluding hydrogens is 440 g/mol. The van der Waals surface area contributed by atoms with Gasteiger partial charge in [-0.2, -0.15) is 8.78 Å². The highest BCUT2D eigenvalue weighted by molar-refractivity contribution is 9.10. The lowest BCUT2D eigenvalue weighted by Crippen LogP contribution is -2.33. The van der Waals surface area contributed by atoms with Gasteiger partial charge in [0.1, 0.15) is 0 Å². The highest BCUT2D eigenvalue weighted by atomic mass is 79.9. The van der Waals surface area contributed by atoms with Crippen LogP contribution in [0.25, 0.3) is 0 Å². The van der Waals surface area contributed by atoms with Gasteiger partial charge in [0.25, 0.3) is 10.0 Å². The van der Waals surface area contributed by atoms with Crippen LogP contribution in [0.4, 0.5) is 25.8 Å². The second kappa shape index (κ2) is 6.63. The van der Waals surface area contributed by atoms with E-state index in [2.05, 4.69) is 25.7 Å². The van der Waals surface area contributed by atoms with E-state index in [0.717, 1.165) is 39.8 Å². The molecule has 1 aliphatic heterocycles. The predicted molar refractivity (Wildman–Crippen MR) is 106 cm³/mol. The third-order valence-electron chi connectivity index (χ3n) is 4.91. The van der Waals surface area contributed by atoms with E-state index in [9.17, 15) is 17.2 Å². The van der Waals surface area contributed by atoms with Crippen molar-refractivity contribution in [1.82, 2.24) is 0 Å². The molecule has 0 unspecified atom stereocenters. The second-order valence-corrected chi connectivity index (χ2v) is 9.37. The Morgan fingerprint density at radius 2 is 1.85 bits per heavy atom. The first-order valence-corrected chi connectivity index (χ1v) is 10.8. The molecule has 2 aliphatic rings. The fourth-order valence-electron chi connectivity index (χ4n) is 3.37. The molecule has 0 amide bonds. The summed E-state index contributed by atoms with van der Waals surface area (Å²) in [6, 6.07) is 11.5. The van der Waals surface area contributed by atoms with Crippen molar-refractivity contribution in [2.45, 2.75) is 31.1 Å². The molecule has 1 aliphatic carbocycles. The second-order valence-electron chi connectivity index (χ2n) is 6.81. The number of fused-ring (bicyclic) bond motifs is 1. The van der Waals surface area contributed by atoms with Gasteiger partial charge in [0.2, 0.25) is 0 Å². The van der Waals surface area contributed by atoms with Crippen LogP contribution in [-0.2, 0) is 16.6 Å². The Kier molecular flexibility index (Phi) is 4.54. The van der Waals surface area contributed by atoms with E-state index in [4.69, 9.17) is 0 Å². The number of hydrogen-bond donors (Lipinski definition) is 1. The largest absolute Gasteiger partial charge is 0.355 e. The normalized spacial score (nSPS) is 16.8. The summed E-state index contributed by atoms with van der Waals surface area (Å²) in [5.74, 6) is -3.24. The van der Waals surface area contributed by atoms with Crippen LogP contribution in [0.1, 0.15) is 29.9 Å². The molecule has 1 N–H and O–H groups in total. The van der Waals surface area contributed by atoms with Crippen LogP contribution in [0.15, 0.2) is 40.9 Å². The summed E-state index contributed by atoms with van der Waals surface area (Å²) in [5, 5.41) is 3.97. The fraction of sp³-hybridized carbons (Fsp3) is 0.333. The Bertz CT molecular complexity index is 979. The molecule has 0 spiro atoms. The van der Waals surface area contributed by atoms with Crippen LogP contribution in [0, 0.1) is 0 Å². The molecule has 0 bridgehead atoms. The van der Waals surface area contributed by atoms with Gasteiger partial charge in [-0.15, -0.1) is 0 Å². The van der Waals surface area contributed by atoms with Crippen molar-refractivity contribution in [1.29, 1.82) is 0 Å². The van der Waals surface area contributed by atoms with Crippen molar-refractivity contribution in [3.63, 3.8) is 0 Å². The fourth-order valence-corrected chi connectivity index (χ4v) is 4.21. The molecule has 2 aromatic rings. The van der Waals surface area contributed by atoms with Gasteiger partial charge in [-0.3, -0.25) is 14.7 Å². The average Bonchev–Trinajstić information content (AvgIpc) is 3.40. The monoisotopic (exact) mass is 457 g/mol. The molecule has 27 heavy (non-hydrogen) atoms. The van der Waals surface area contributed by atoms with Crippen LogP contribution >= 0.6 is 15.9 Å². The molecule has 5 nitrogen and oxygen atoms in total. The number of benzene rings is 2. The standard InChI is InChI=1S/C18H18BrF2N3O2S/c1-23-17-9-16(22-27(25,26)18(20)21)15(11-2-3-11)8-12(17)10-24(23)14-6-4-13(19)5-7-14/h4-9,11,18,22H,2-3,10H2,1H3. The third-order valence-corrected chi connectivity index (χ3v) is 6.41. The first kappa shape index (κ1) is 18.5. The van der Waals surface area contributed by atoms with Crippen molar-refractivity contribution in [2.75, 3.05) is 21.8 Å². The smallest absolute Gasteiger partial charge is 0.288 e. The Hall–Kier alpha value is -1.87. The van der Waals surface area contributed by atoms with Crippen LogP contribution < -0.4 is 14.7 Å². The Balaban J connectivity index is 1.71. The zero-order valence-electron chi connectivity index (χ0n) is 14.5. The molecular formula is C18H18BrF2N3O2S. The number of hydrazine groups is 1. The first-order valence-electron chi connectivity index (χ1n) is 8.49. The van der Waals surface area contributed by atoms with Gasteiger partial charge in [0.05, 0.1) is 23.6 Å². The Labute approximate surface area is 165 Å². The molecule has 0 radical (unpaired) electrons. The minimum Gasteiger partial charge on any atom is -0.288 e. The van der Waals surface area contributed by atoms with Crippen molar-refractivity contribution in [2.24, 2.45) is 0 Å². The number of nitrogens with zero attached hydrogens (tertiary/aromatic N) is 2. The first-order chi connectivity index (χ1) is 12.8. The molecule has 0 atom stereocenters. The molecule has 4 rings (SSSR count). The highest BCUT2D eigenvalue weighted by Gasteiger charge is 2.34. The van der Waals surface area contributed by atoms with E-state index in [1.54, 1.807) is 6.07 Å². The number of alkyl halides is 2. The Morgan fingerprint density at radius 3 is 2.44 bits per heavy atom. The summed E-state index contributed by atoms with van der Waals surface area (Å²) in [7, 11) is -2.83. The van der Waals surface area contributed by atoms with Gasteiger partial charge < -0.3 is 0 Å². The number of anilines is 3. The van der Waals surface area contributed by atoms with Crippen molar-refractivity contribution in [3.8, 4) is 0 Å². The molecule has 0 saturated heterocycles. The average molecular weight is 458 g/mol. The molecule has 0 aromatic heterocycles. The summed E-state index contributed by atoms with van der Waals surface area (Å²) in [5.41, 5.74) is 3.88. The molecule has 1 fully saturated rings. The van der Waals surface area contributed by atoms with Crippen LogP contribution in [0.5, 0.6) is 0 Å². The van der Waals surface area contributed by atoms with Gasteiger partial charge in [-0.1, -0.05) is 15.9 Å². The lowest BCUT2D eigenvalue weighted by Gasteiger charge is -2.28. The van der Waals surface area contributed by atoms with E-state index in [-0.39, 0.29) is 11.6 Å². The van der Waals surface area contributed by atoms with E-state index >= 15 is 0 Å². The summed E-state index contributed by atoms with van der Waals surface area (Å²) < 4.78 is 52.2. The van der Waals surface area contributed by atoms with Crippen LogP contribution in [-0.4, -0.2) is 21.2 Å². The zero-order valence-corrected chi connectivity index (χ0v) is 16.9. The Morgan fingerprint density at radius 1 is 1.19 bits per heavy atom. The highest BCUT2D eigenvalue weighted by Crippen LogP contribution is 2.47. The maximum absolute atomic E-state index is 12.8. The van der Waals surface area contributed by atoms with Crippen LogP contribution in [0.3, 0.4) is 0 Å². The van der Waals surface area contributed by atoms with Gasteiger partial charge in [0.15, 0.2) is 0 Å². The number of hydrogen-bond acceptors (Lipinski definition) is 4. The number of nitrogens with one attached hydrogen (secondary N) is 1. The van der Waals surface area contributed by atoms with Crippen molar-refractivity contribution >= 4 is 43.0 Å². The summed E-state index contributed by atoms with van der Waals surface area (Å²) >= 11 is 3.42. The summed E-state index contributed by atoms with van der Waals surface area (Å²) in [6.07, 6.45) is 1.88. The zero-order chi connectivity index (χ0) is 19.3. The SMILES string of the molecule is CN1c2cc(NS(=O)(=O)C(F)F)c(C3CC3)cc2CN1c1ccc(Br)cc1. The summed E-state index contributed by atoms with van der Waals surface area (Å²) in [4.78, 5) is 0. The van der Waals surface area contributed by atoms with Crippen molar-refractivity contribution in [3.05, 3.63) is 52.0 Å². The molecule has 1 saturated carbocycles. The van der Waals surface area contributed by atoms with Crippen LogP contribution in [0.2, 0.25) is 0 Å². The van der Waals surface area contributed by atoms with Gasteiger partial charge in [-0.25, -0.2) is 8.42 Å². The maximum Gasteiger partial charge on any atom is 0.355 e. The van der Waals surface area contributed by atoms with Gasteiger partial charge in [0, 0.05) is 11.5 Å². The van der Waals surface area contributed by atoms with Gasteiger partial charge in [-0.05, 0) is 66.3 Å².